The average Bonchev–Trinajstić information content (AvgIpc) is 2.80. The summed E-state index contributed by atoms with van der Waals surface area (Å²) in [5.74, 6) is -0.281. The zero-order valence-corrected chi connectivity index (χ0v) is 12.1. The van der Waals surface area contributed by atoms with Gasteiger partial charge in [-0.05, 0) is 13.8 Å². The third-order valence-electron chi connectivity index (χ3n) is 3.03. The number of carbonyl (C=O) groups excluding carboxylic acids is 1. The molecule has 0 saturated carbocycles. The molecule has 2 aromatic heterocycles. The second kappa shape index (κ2) is 5.05. The van der Waals surface area contributed by atoms with Crippen molar-refractivity contribution in [2.45, 2.75) is 20.4 Å². The summed E-state index contributed by atoms with van der Waals surface area (Å²) >= 11 is 6.07. The fraction of sp³-hybridized carbons (Fsp3) is 0.417. The highest BCUT2D eigenvalue weighted by Gasteiger charge is 2.18. The fourth-order valence-electron chi connectivity index (χ4n) is 1.81. The maximum absolute atomic E-state index is 12.0. The Morgan fingerprint density at radius 1 is 1.37 bits per heavy atom. The van der Waals surface area contributed by atoms with Crippen LogP contribution in [-0.2, 0) is 20.6 Å². The Morgan fingerprint density at radius 2 is 2.05 bits per heavy atom. The highest BCUT2D eigenvalue weighted by Crippen LogP contribution is 2.19. The van der Waals surface area contributed by atoms with Gasteiger partial charge >= 0.3 is 0 Å². The van der Waals surface area contributed by atoms with E-state index in [1.807, 2.05) is 27.1 Å². The molecular weight excluding hydrogens is 266 g/mol. The number of aryl methyl sites for hydroxylation is 3. The molecule has 0 atom stereocenters. The van der Waals surface area contributed by atoms with Crippen LogP contribution >= 0.6 is 11.6 Å². The maximum Gasteiger partial charge on any atom is 0.273 e. The minimum atomic E-state index is -0.281. The van der Waals surface area contributed by atoms with Crippen LogP contribution in [0.2, 0.25) is 5.02 Å². The van der Waals surface area contributed by atoms with Gasteiger partial charge in [0.05, 0.1) is 16.4 Å². The van der Waals surface area contributed by atoms with Crippen LogP contribution in [0.25, 0.3) is 0 Å². The summed E-state index contributed by atoms with van der Waals surface area (Å²) in [6, 6.07) is 0. The number of aromatic nitrogens is 4. The quantitative estimate of drug-likeness (QED) is 0.924. The number of amides is 1. The van der Waals surface area contributed by atoms with Crippen molar-refractivity contribution in [3.8, 4) is 0 Å². The van der Waals surface area contributed by atoms with Gasteiger partial charge in [-0.15, -0.1) is 0 Å². The molecule has 0 aliphatic carbocycles. The minimum absolute atomic E-state index is 0.253. The van der Waals surface area contributed by atoms with E-state index in [0.29, 0.717) is 11.6 Å². The van der Waals surface area contributed by atoms with E-state index >= 15 is 0 Å². The first-order valence-electron chi connectivity index (χ1n) is 5.86. The average molecular weight is 282 g/mol. The van der Waals surface area contributed by atoms with E-state index in [4.69, 9.17) is 11.6 Å². The van der Waals surface area contributed by atoms with Crippen LogP contribution in [0, 0.1) is 13.8 Å². The van der Waals surface area contributed by atoms with Crippen LogP contribution in [-0.4, -0.2) is 25.5 Å². The summed E-state index contributed by atoms with van der Waals surface area (Å²) in [6.07, 6.45) is 1.88. The molecule has 0 aromatic carbocycles. The molecule has 2 aromatic rings. The van der Waals surface area contributed by atoms with Gasteiger partial charge in [0.1, 0.15) is 0 Å². The summed E-state index contributed by atoms with van der Waals surface area (Å²) < 4.78 is 3.31. The Bertz CT molecular complexity index is 628. The highest BCUT2D eigenvalue weighted by atomic mass is 35.5. The van der Waals surface area contributed by atoms with Gasteiger partial charge in [-0.3, -0.25) is 14.2 Å². The summed E-state index contributed by atoms with van der Waals surface area (Å²) in [5, 5.41) is 11.5. The largest absolute Gasteiger partial charge is 0.346 e. The lowest BCUT2D eigenvalue weighted by Gasteiger charge is -2.02. The molecule has 0 unspecified atom stereocenters. The Morgan fingerprint density at radius 3 is 2.53 bits per heavy atom. The third-order valence-corrected chi connectivity index (χ3v) is 3.48. The van der Waals surface area contributed by atoms with E-state index in [2.05, 4.69) is 15.5 Å². The molecule has 102 valence electrons. The molecule has 19 heavy (non-hydrogen) atoms. The Hall–Kier alpha value is -1.82. The van der Waals surface area contributed by atoms with E-state index in [9.17, 15) is 4.79 Å². The van der Waals surface area contributed by atoms with E-state index in [1.54, 1.807) is 16.4 Å². The van der Waals surface area contributed by atoms with Crippen LogP contribution in [0.15, 0.2) is 6.20 Å². The maximum atomic E-state index is 12.0. The number of rotatable bonds is 3. The lowest BCUT2D eigenvalue weighted by atomic mass is 10.2. The molecule has 0 saturated heterocycles. The lowest BCUT2D eigenvalue weighted by molar-refractivity contribution is 0.0945. The summed E-state index contributed by atoms with van der Waals surface area (Å²) in [7, 11) is 3.60. The van der Waals surface area contributed by atoms with E-state index in [1.165, 1.54) is 0 Å². The summed E-state index contributed by atoms with van der Waals surface area (Å²) in [6.45, 7) is 4.13. The van der Waals surface area contributed by atoms with Gasteiger partial charge in [0.15, 0.2) is 5.69 Å². The molecule has 0 radical (unpaired) electrons. The van der Waals surface area contributed by atoms with Crippen molar-refractivity contribution in [1.82, 2.24) is 24.9 Å². The van der Waals surface area contributed by atoms with Crippen molar-refractivity contribution in [3.05, 3.63) is 33.9 Å². The number of hydrogen-bond acceptors (Lipinski definition) is 3. The normalized spacial score (nSPS) is 10.8. The SMILES string of the molecule is Cc1nn(C)cc1CNC(=O)c1nn(C)c(C)c1Cl. The Balaban J connectivity index is 2.09. The van der Waals surface area contributed by atoms with Crippen LogP contribution < -0.4 is 5.32 Å². The molecule has 0 aliphatic rings. The molecule has 2 heterocycles. The van der Waals surface area contributed by atoms with Gasteiger partial charge in [0.25, 0.3) is 5.91 Å². The molecule has 1 amide bonds. The van der Waals surface area contributed by atoms with Crippen molar-refractivity contribution in [2.75, 3.05) is 0 Å². The second-order valence-corrected chi connectivity index (χ2v) is 4.85. The van der Waals surface area contributed by atoms with E-state index in [-0.39, 0.29) is 11.6 Å². The second-order valence-electron chi connectivity index (χ2n) is 4.47. The van der Waals surface area contributed by atoms with Gasteiger partial charge in [-0.1, -0.05) is 11.6 Å². The Labute approximate surface area is 116 Å². The van der Waals surface area contributed by atoms with Gasteiger partial charge in [0.2, 0.25) is 0 Å². The smallest absolute Gasteiger partial charge is 0.273 e. The topological polar surface area (TPSA) is 64.7 Å². The van der Waals surface area contributed by atoms with E-state index < -0.39 is 0 Å². The lowest BCUT2D eigenvalue weighted by Crippen LogP contribution is -2.23. The van der Waals surface area contributed by atoms with Crippen molar-refractivity contribution in [3.63, 3.8) is 0 Å². The van der Waals surface area contributed by atoms with Gasteiger partial charge in [-0.2, -0.15) is 10.2 Å². The van der Waals surface area contributed by atoms with Crippen molar-refractivity contribution >= 4 is 17.5 Å². The predicted molar refractivity (Wildman–Crippen MR) is 72.1 cm³/mol. The van der Waals surface area contributed by atoms with Crippen LogP contribution in [0.4, 0.5) is 0 Å². The molecule has 0 aliphatic heterocycles. The predicted octanol–water partition coefficient (Wildman–Crippen LogP) is 1.35. The number of carbonyl (C=O) groups is 1. The van der Waals surface area contributed by atoms with Gasteiger partial charge in [-0.25, -0.2) is 0 Å². The number of nitrogens with zero attached hydrogens (tertiary/aromatic N) is 4. The summed E-state index contributed by atoms with van der Waals surface area (Å²) in [4.78, 5) is 12.0. The third kappa shape index (κ3) is 2.63. The van der Waals surface area contributed by atoms with Crippen LogP contribution in [0.1, 0.15) is 27.4 Å². The first-order chi connectivity index (χ1) is 8.90. The fourth-order valence-corrected chi connectivity index (χ4v) is 2.05. The molecule has 7 heteroatoms. The zero-order chi connectivity index (χ0) is 14.2. The number of nitrogens with one attached hydrogen (secondary N) is 1. The monoisotopic (exact) mass is 281 g/mol. The van der Waals surface area contributed by atoms with Crippen LogP contribution in [0.3, 0.4) is 0 Å². The Kier molecular flexibility index (Phi) is 3.61. The van der Waals surface area contributed by atoms with Crippen LogP contribution in [0.5, 0.6) is 0 Å². The molecule has 0 bridgehead atoms. The molecule has 0 spiro atoms. The number of halogens is 1. The minimum Gasteiger partial charge on any atom is -0.346 e. The molecule has 2 rings (SSSR count). The highest BCUT2D eigenvalue weighted by molar-refractivity contribution is 6.34. The van der Waals surface area contributed by atoms with Crippen molar-refractivity contribution < 1.29 is 4.79 Å². The molecular formula is C12H16ClN5O. The molecule has 0 fully saturated rings. The standard InChI is InChI=1S/C12H16ClN5O/c1-7-9(6-17(3)15-7)5-14-12(19)11-10(13)8(2)18(4)16-11/h6H,5H2,1-4H3,(H,14,19). The first kappa shape index (κ1) is 13.6. The summed E-state index contributed by atoms with van der Waals surface area (Å²) in [5.41, 5.74) is 2.89. The van der Waals surface area contributed by atoms with Crippen molar-refractivity contribution in [2.24, 2.45) is 14.1 Å². The zero-order valence-electron chi connectivity index (χ0n) is 11.4. The van der Waals surface area contributed by atoms with Gasteiger partial charge < -0.3 is 5.32 Å². The molecule has 1 N–H and O–H groups in total. The first-order valence-corrected chi connectivity index (χ1v) is 6.24. The number of hydrogen-bond donors (Lipinski definition) is 1. The molecule has 6 nitrogen and oxygen atoms in total. The van der Waals surface area contributed by atoms with Gasteiger partial charge in [0, 0.05) is 32.4 Å². The van der Waals surface area contributed by atoms with E-state index in [0.717, 1.165) is 17.0 Å². The van der Waals surface area contributed by atoms with Crippen molar-refractivity contribution in [1.29, 1.82) is 0 Å².